The number of carbonyl (C=O) groups excluding carboxylic acids is 3. The van der Waals surface area contributed by atoms with Gasteiger partial charge in [0.2, 0.25) is 0 Å². The molecule has 2 fully saturated rings. The second kappa shape index (κ2) is 10.3. The minimum absolute atomic E-state index is 0.0431. The van der Waals surface area contributed by atoms with Gasteiger partial charge in [0.15, 0.2) is 5.78 Å². The monoisotopic (exact) mass is 572 g/mol. The summed E-state index contributed by atoms with van der Waals surface area (Å²) >= 11 is 12.2. The number of ketones is 2. The fraction of sp³-hybridized carbons (Fsp3) is 0.577. The first-order chi connectivity index (χ1) is 17.7. The number of amides is 1. The Kier molecular flexibility index (Phi) is 7.71. The molecule has 12 heteroatoms. The summed E-state index contributed by atoms with van der Waals surface area (Å²) in [5.41, 5.74) is -1.91. The largest absolute Gasteiger partial charge is 0.396 e. The quantitative estimate of drug-likeness (QED) is 0.348. The topological polar surface area (TPSA) is 85.2 Å². The van der Waals surface area contributed by atoms with Gasteiger partial charge in [0.05, 0.1) is 45.4 Å². The van der Waals surface area contributed by atoms with Gasteiger partial charge in [-0.25, -0.2) is 0 Å². The van der Waals surface area contributed by atoms with Crippen LogP contribution in [-0.2, 0) is 4.79 Å². The molecule has 0 unspecified atom stereocenters. The third-order valence-electron chi connectivity index (χ3n) is 8.23. The van der Waals surface area contributed by atoms with E-state index in [1.807, 2.05) is 6.92 Å². The summed E-state index contributed by atoms with van der Waals surface area (Å²) < 4.78 is 43.2. The Hall–Kier alpha value is -2.46. The minimum Gasteiger partial charge on any atom is -0.330 e. The molecule has 2 aliphatic rings. The molecular weight excluding hydrogens is 544 g/mol. The number of pyridine rings is 1. The molecule has 2 aliphatic carbocycles. The molecular formula is C26H29Cl2F3N4O3. The van der Waals surface area contributed by atoms with Gasteiger partial charge < -0.3 is 4.90 Å². The van der Waals surface area contributed by atoms with Crippen LogP contribution in [0.1, 0.15) is 84.8 Å². The van der Waals surface area contributed by atoms with Crippen LogP contribution in [0.25, 0.3) is 0 Å². The highest BCUT2D eigenvalue weighted by Gasteiger charge is 2.64. The molecule has 38 heavy (non-hydrogen) atoms. The fourth-order valence-electron chi connectivity index (χ4n) is 5.19. The van der Waals surface area contributed by atoms with Crippen molar-refractivity contribution in [2.75, 3.05) is 13.1 Å². The van der Waals surface area contributed by atoms with Crippen LogP contribution >= 0.6 is 23.2 Å². The van der Waals surface area contributed by atoms with Crippen LogP contribution in [0, 0.1) is 17.8 Å². The summed E-state index contributed by atoms with van der Waals surface area (Å²) in [7, 11) is 0. The van der Waals surface area contributed by atoms with E-state index in [-0.39, 0.29) is 51.3 Å². The Morgan fingerprint density at radius 3 is 2.16 bits per heavy atom. The maximum Gasteiger partial charge on any atom is 0.396 e. The molecule has 0 aromatic carbocycles. The molecule has 7 nitrogen and oxygen atoms in total. The Bertz CT molecular complexity index is 1240. The molecule has 0 radical (unpaired) electrons. The van der Waals surface area contributed by atoms with Gasteiger partial charge in [-0.1, -0.05) is 30.1 Å². The van der Waals surface area contributed by atoms with Gasteiger partial charge in [-0.05, 0) is 52.4 Å². The van der Waals surface area contributed by atoms with E-state index in [2.05, 4.69) is 10.1 Å². The highest BCUT2D eigenvalue weighted by atomic mass is 35.5. The lowest BCUT2D eigenvalue weighted by atomic mass is 9.71. The van der Waals surface area contributed by atoms with Crippen molar-refractivity contribution in [3.63, 3.8) is 0 Å². The van der Waals surface area contributed by atoms with E-state index in [0.717, 1.165) is 4.90 Å². The van der Waals surface area contributed by atoms with E-state index in [1.54, 1.807) is 18.5 Å². The maximum atomic E-state index is 13.8. The van der Waals surface area contributed by atoms with Gasteiger partial charge in [-0.3, -0.25) is 24.0 Å². The van der Waals surface area contributed by atoms with Gasteiger partial charge in [0.1, 0.15) is 5.78 Å². The predicted octanol–water partition coefficient (Wildman–Crippen LogP) is 6.27. The Labute approximate surface area is 228 Å². The van der Waals surface area contributed by atoms with Crippen LogP contribution in [0.4, 0.5) is 13.2 Å². The molecule has 0 saturated heterocycles. The van der Waals surface area contributed by atoms with Crippen molar-refractivity contribution in [1.29, 1.82) is 0 Å². The lowest BCUT2D eigenvalue weighted by Crippen LogP contribution is -2.44. The Balaban J connectivity index is 1.60. The van der Waals surface area contributed by atoms with Crippen molar-refractivity contribution in [3.8, 4) is 0 Å². The number of nitrogens with zero attached hydrogens (tertiary/aromatic N) is 4. The number of aromatic nitrogens is 3. The number of alkyl halides is 3. The van der Waals surface area contributed by atoms with Crippen LogP contribution in [0.3, 0.4) is 0 Å². The Morgan fingerprint density at radius 1 is 1.08 bits per heavy atom. The molecule has 0 N–H and O–H groups in total. The van der Waals surface area contributed by atoms with Crippen molar-refractivity contribution in [2.24, 2.45) is 10.8 Å². The summed E-state index contributed by atoms with van der Waals surface area (Å²) in [6, 6.07) is -0.0431. The van der Waals surface area contributed by atoms with E-state index < -0.39 is 36.4 Å². The second-order valence-electron chi connectivity index (χ2n) is 10.8. The van der Waals surface area contributed by atoms with Gasteiger partial charge in [-0.2, -0.15) is 18.3 Å². The first-order valence-electron chi connectivity index (χ1n) is 12.4. The number of carbonyl (C=O) groups is 3. The van der Waals surface area contributed by atoms with Crippen molar-refractivity contribution >= 4 is 40.7 Å². The summed E-state index contributed by atoms with van der Waals surface area (Å²) in [5.74, 6) is -1.27. The number of hydrogen-bond donors (Lipinski definition) is 0. The van der Waals surface area contributed by atoms with E-state index >= 15 is 0 Å². The van der Waals surface area contributed by atoms with Crippen molar-refractivity contribution in [1.82, 2.24) is 19.7 Å². The molecule has 0 bridgehead atoms. The normalized spacial score (nSPS) is 22.7. The molecule has 206 valence electrons. The summed E-state index contributed by atoms with van der Waals surface area (Å²) in [6.07, 6.45) is 1.71. The first-order valence-corrected chi connectivity index (χ1v) is 13.2. The van der Waals surface area contributed by atoms with Crippen LogP contribution in [0.15, 0.2) is 18.6 Å². The lowest BCUT2D eigenvalue weighted by molar-refractivity contribution is -0.189. The molecule has 2 heterocycles. The van der Waals surface area contributed by atoms with Gasteiger partial charge >= 0.3 is 6.18 Å². The second-order valence-corrected chi connectivity index (χ2v) is 11.6. The number of rotatable bonds is 8. The van der Waals surface area contributed by atoms with Gasteiger partial charge in [0, 0.05) is 30.0 Å². The third-order valence-corrected chi connectivity index (χ3v) is 8.81. The molecule has 2 saturated carbocycles. The fourth-order valence-corrected chi connectivity index (χ4v) is 5.76. The average Bonchev–Trinajstić information content (AvgIpc) is 3.53. The highest BCUT2D eigenvalue weighted by Crippen LogP contribution is 2.58. The predicted molar refractivity (Wildman–Crippen MR) is 135 cm³/mol. The SMILES string of the molecule is CC(=O)C1(C)CCC(n2ncc(C(=O)N(CC(=O)c3c(Cl)cncc3Cl)CC3(C(F)(F)F)CC3)c2C)CC1. The molecule has 0 atom stereocenters. The van der Waals surface area contributed by atoms with E-state index in [9.17, 15) is 27.6 Å². The van der Waals surface area contributed by atoms with Crippen LogP contribution in [-0.4, -0.2) is 56.4 Å². The lowest BCUT2D eigenvalue weighted by Gasteiger charge is -2.35. The molecule has 2 aromatic rings. The Morgan fingerprint density at radius 2 is 1.66 bits per heavy atom. The number of halogens is 5. The molecule has 1 amide bonds. The summed E-state index contributed by atoms with van der Waals surface area (Å²) in [5, 5.41) is 4.29. The van der Waals surface area contributed by atoms with E-state index in [4.69, 9.17) is 23.2 Å². The minimum atomic E-state index is -4.52. The summed E-state index contributed by atoms with van der Waals surface area (Å²) in [4.78, 5) is 43.5. The smallest absolute Gasteiger partial charge is 0.330 e. The molecule has 2 aromatic heterocycles. The number of Topliss-reactive ketones (excluding diaryl/α,β-unsaturated/α-hetero) is 2. The van der Waals surface area contributed by atoms with Crippen LogP contribution < -0.4 is 0 Å². The third kappa shape index (κ3) is 5.34. The van der Waals surface area contributed by atoms with Gasteiger partial charge in [-0.15, -0.1) is 0 Å². The maximum absolute atomic E-state index is 13.8. The van der Waals surface area contributed by atoms with Crippen molar-refractivity contribution < 1.29 is 27.6 Å². The molecule has 0 aliphatic heterocycles. The standard InChI is InChI=1S/C26H29Cl2F3N4O3/c1-15-18(10-33-35(15)17-4-6-24(3,7-5-17)16(2)36)23(38)34(14-25(8-9-25)26(29,30)31)13-21(37)22-19(27)11-32-12-20(22)28/h10-12,17H,4-9,13-14H2,1-3H3. The van der Waals surface area contributed by atoms with Gasteiger partial charge in [0.25, 0.3) is 5.91 Å². The van der Waals surface area contributed by atoms with E-state index in [1.165, 1.54) is 18.6 Å². The first kappa shape index (κ1) is 28.5. The molecule has 4 rings (SSSR count). The summed E-state index contributed by atoms with van der Waals surface area (Å²) in [6.45, 7) is 3.93. The van der Waals surface area contributed by atoms with E-state index in [0.29, 0.717) is 31.4 Å². The highest BCUT2D eigenvalue weighted by molar-refractivity contribution is 6.39. The van der Waals surface area contributed by atoms with Crippen LogP contribution in [0.5, 0.6) is 0 Å². The van der Waals surface area contributed by atoms with Crippen molar-refractivity contribution in [3.05, 3.63) is 45.5 Å². The zero-order valence-corrected chi connectivity index (χ0v) is 22.9. The zero-order valence-electron chi connectivity index (χ0n) is 21.4. The average molecular weight is 573 g/mol. The van der Waals surface area contributed by atoms with Crippen molar-refractivity contribution in [2.45, 2.75) is 71.5 Å². The molecule has 0 spiro atoms. The zero-order chi connectivity index (χ0) is 28.0. The number of hydrogen-bond acceptors (Lipinski definition) is 5. The van der Waals surface area contributed by atoms with Crippen LogP contribution in [0.2, 0.25) is 10.0 Å².